The summed E-state index contributed by atoms with van der Waals surface area (Å²) in [6.07, 6.45) is 1.88. The number of hydrogen-bond donors (Lipinski definition) is 1. The molecule has 0 spiro atoms. The average Bonchev–Trinajstić information content (AvgIpc) is 3.25. The predicted molar refractivity (Wildman–Crippen MR) is 78.5 cm³/mol. The highest BCUT2D eigenvalue weighted by atomic mass is 35.5. The molecule has 0 aromatic heterocycles. The smallest absolute Gasteiger partial charge is 0.326 e. The number of rotatable bonds is 7. The van der Waals surface area contributed by atoms with Crippen LogP contribution < -0.4 is 4.74 Å². The van der Waals surface area contributed by atoms with E-state index >= 15 is 0 Å². The van der Waals surface area contributed by atoms with Crippen molar-refractivity contribution in [1.29, 1.82) is 0 Å². The molecule has 2 rings (SSSR count). The molecule has 0 radical (unpaired) electrons. The summed E-state index contributed by atoms with van der Waals surface area (Å²) in [5, 5.41) is 9.56. The lowest BCUT2D eigenvalue weighted by molar-refractivity contribution is -0.150. The number of halogens is 1. The van der Waals surface area contributed by atoms with Gasteiger partial charge in [0.1, 0.15) is 11.8 Å². The van der Waals surface area contributed by atoms with Crippen LogP contribution in [0, 0.1) is 0 Å². The number of aliphatic carboxylic acids is 1. The number of carbonyl (C=O) groups is 2. The molecule has 1 atom stereocenters. The Kier molecular flexibility index (Phi) is 5.07. The van der Waals surface area contributed by atoms with Gasteiger partial charge in [-0.1, -0.05) is 23.7 Å². The van der Waals surface area contributed by atoms with Crippen LogP contribution in [0.2, 0.25) is 5.02 Å². The van der Waals surface area contributed by atoms with Crippen molar-refractivity contribution in [2.75, 3.05) is 6.61 Å². The molecule has 1 unspecified atom stereocenters. The summed E-state index contributed by atoms with van der Waals surface area (Å²) in [5.74, 6) is -0.655. The maximum Gasteiger partial charge on any atom is 0.326 e. The van der Waals surface area contributed by atoms with Gasteiger partial charge in [-0.15, -0.1) is 0 Å². The fourth-order valence-corrected chi connectivity index (χ4v) is 2.34. The number of amides is 1. The van der Waals surface area contributed by atoms with E-state index < -0.39 is 12.0 Å². The van der Waals surface area contributed by atoms with Gasteiger partial charge in [0, 0.05) is 6.04 Å². The molecule has 1 saturated carbocycles. The fourth-order valence-electron chi connectivity index (χ4n) is 2.15. The number of hydrogen-bond acceptors (Lipinski definition) is 3. The van der Waals surface area contributed by atoms with Crippen molar-refractivity contribution in [2.45, 2.75) is 38.3 Å². The zero-order valence-corrected chi connectivity index (χ0v) is 12.5. The lowest BCUT2D eigenvalue weighted by Crippen LogP contribution is -2.45. The summed E-state index contributed by atoms with van der Waals surface area (Å²) in [6.45, 7) is 1.71. The van der Waals surface area contributed by atoms with E-state index in [0.717, 1.165) is 12.8 Å². The molecule has 21 heavy (non-hydrogen) atoms. The Morgan fingerprint density at radius 2 is 2.10 bits per heavy atom. The quantitative estimate of drug-likeness (QED) is 0.840. The normalized spacial score (nSPS) is 15.3. The van der Waals surface area contributed by atoms with Gasteiger partial charge < -0.3 is 14.7 Å². The Morgan fingerprint density at radius 1 is 1.43 bits per heavy atom. The van der Waals surface area contributed by atoms with Crippen molar-refractivity contribution in [3.05, 3.63) is 29.3 Å². The van der Waals surface area contributed by atoms with E-state index in [4.69, 9.17) is 21.4 Å². The summed E-state index contributed by atoms with van der Waals surface area (Å²) >= 11 is 5.96. The van der Waals surface area contributed by atoms with Crippen LogP contribution in [-0.2, 0) is 9.59 Å². The summed E-state index contributed by atoms with van der Waals surface area (Å²) in [6, 6.07) is 6.29. The third kappa shape index (κ3) is 4.11. The summed E-state index contributed by atoms with van der Waals surface area (Å²) in [7, 11) is 0. The number of para-hydroxylation sites is 1. The molecule has 1 amide bonds. The first-order chi connectivity index (χ1) is 10.0. The predicted octanol–water partition coefficient (Wildman–Crippen LogP) is 2.57. The van der Waals surface area contributed by atoms with E-state index in [0.29, 0.717) is 10.8 Å². The van der Waals surface area contributed by atoms with E-state index in [1.807, 2.05) is 0 Å². The largest absolute Gasteiger partial charge is 0.491 e. The second kappa shape index (κ2) is 6.80. The lowest BCUT2D eigenvalue weighted by Gasteiger charge is -2.26. The monoisotopic (exact) mass is 311 g/mol. The van der Waals surface area contributed by atoms with Gasteiger partial charge in [-0.2, -0.15) is 0 Å². The zero-order valence-electron chi connectivity index (χ0n) is 11.8. The van der Waals surface area contributed by atoms with Gasteiger partial charge in [-0.25, -0.2) is 4.79 Å². The molecular formula is C15H18ClNO4. The molecule has 1 aromatic carbocycles. The second-order valence-corrected chi connectivity index (χ2v) is 5.48. The molecule has 0 bridgehead atoms. The minimum absolute atomic E-state index is 0.0592. The summed E-state index contributed by atoms with van der Waals surface area (Å²) in [5.41, 5.74) is 0. The first-order valence-corrected chi connectivity index (χ1v) is 7.30. The maximum absolute atomic E-state index is 12.2. The van der Waals surface area contributed by atoms with Crippen LogP contribution in [0.4, 0.5) is 0 Å². The van der Waals surface area contributed by atoms with Gasteiger partial charge in [-0.3, -0.25) is 4.79 Å². The van der Waals surface area contributed by atoms with E-state index in [-0.39, 0.29) is 25.0 Å². The Balaban J connectivity index is 1.88. The van der Waals surface area contributed by atoms with Gasteiger partial charge >= 0.3 is 5.97 Å². The van der Waals surface area contributed by atoms with Crippen molar-refractivity contribution in [2.24, 2.45) is 0 Å². The fraction of sp³-hybridized carbons (Fsp3) is 0.467. The van der Waals surface area contributed by atoms with E-state index in [2.05, 4.69) is 0 Å². The van der Waals surface area contributed by atoms with Crippen LogP contribution in [0.15, 0.2) is 24.3 Å². The Labute approximate surface area is 128 Å². The maximum atomic E-state index is 12.2. The standard InChI is InChI=1S/C15H18ClNO4/c1-10(15(19)20)17(11-6-7-11)14(18)8-9-21-13-5-3-2-4-12(13)16/h2-5,10-11H,6-9H2,1H3,(H,19,20). The Bertz CT molecular complexity index is 530. The van der Waals surface area contributed by atoms with Gasteiger partial charge in [0.05, 0.1) is 18.1 Å². The third-order valence-corrected chi connectivity index (χ3v) is 3.73. The molecule has 5 nitrogen and oxygen atoms in total. The van der Waals surface area contributed by atoms with Crippen molar-refractivity contribution in [3.8, 4) is 5.75 Å². The second-order valence-electron chi connectivity index (χ2n) is 5.08. The number of benzene rings is 1. The van der Waals surface area contributed by atoms with Crippen LogP contribution in [-0.4, -0.2) is 40.6 Å². The molecule has 0 aliphatic heterocycles. The summed E-state index contributed by atoms with van der Waals surface area (Å²) in [4.78, 5) is 24.7. The van der Waals surface area contributed by atoms with E-state index in [9.17, 15) is 9.59 Å². The SMILES string of the molecule is CC(C(=O)O)N(C(=O)CCOc1ccccc1Cl)C1CC1. The molecule has 1 aliphatic carbocycles. The number of ether oxygens (including phenoxy) is 1. The lowest BCUT2D eigenvalue weighted by atomic mass is 10.2. The molecule has 0 saturated heterocycles. The van der Waals surface area contributed by atoms with Gasteiger partial charge in [-0.05, 0) is 31.9 Å². The molecule has 1 N–H and O–H groups in total. The Hall–Kier alpha value is -1.75. The number of nitrogens with zero attached hydrogens (tertiary/aromatic N) is 1. The molecular weight excluding hydrogens is 294 g/mol. The van der Waals surface area contributed by atoms with Crippen molar-refractivity contribution in [1.82, 2.24) is 4.90 Å². The number of carboxylic acid groups (broad SMARTS) is 1. The van der Waals surface area contributed by atoms with Crippen LogP contribution in [0.5, 0.6) is 5.75 Å². The highest BCUT2D eigenvalue weighted by Crippen LogP contribution is 2.29. The van der Waals surface area contributed by atoms with Crippen molar-refractivity contribution < 1.29 is 19.4 Å². The van der Waals surface area contributed by atoms with Crippen molar-refractivity contribution in [3.63, 3.8) is 0 Å². The van der Waals surface area contributed by atoms with Crippen LogP contribution in [0.25, 0.3) is 0 Å². The van der Waals surface area contributed by atoms with Crippen LogP contribution >= 0.6 is 11.6 Å². The number of carboxylic acids is 1. The van der Waals surface area contributed by atoms with Gasteiger partial charge in [0.25, 0.3) is 0 Å². The average molecular weight is 312 g/mol. The first-order valence-electron chi connectivity index (χ1n) is 6.92. The zero-order chi connectivity index (χ0) is 15.4. The molecule has 0 heterocycles. The summed E-state index contributed by atoms with van der Waals surface area (Å²) < 4.78 is 5.47. The molecule has 114 valence electrons. The first kappa shape index (κ1) is 15.6. The van der Waals surface area contributed by atoms with Crippen molar-refractivity contribution >= 4 is 23.5 Å². The van der Waals surface area contributed by atoms with Crippen LogP contribution in [0.1, 0.15) is 26.2 Å². The highest BCUT2D eigenvalue weighted by molar-refractivity contribution is 6.32. The van der Waals surface area contributed by atoms with Gasteiger partial charge in [0.2, 0.25) is 5.91 Å². The molecule has 1 fully saturated rings. The molecule has 1 aromatic rings. The third-order valence-electron chi connectivity index (χ3n) is 3.41. The minimum atomic E-state index is -0.984. The topological polar surface area (TPSA) is 66.8 Å². The molecule has 1 aliphatic rings. The van der Waals surface area contributed by atoms with E-state index in [1.54, 1.807) is 24.3 Å². The van der Waals surface area contributed by atoms with E-state index in [1.165, 1.54) is 11.8 Å². The minimum Gasteiger partial charge on any atom is -0.491 e. The highest BCUT2D eigenvalue weighted by Gasteiger charge is 2.37. The number of carbonyl (C=O) groups excluding carboxylic acids is 1. The van der Waals surface area contributed by atoms with Crippen LogP contribution in [0.3, 0.4) is 0 Å². The van der Waals surface area contributed by atoms with Gasteiger partial charge in [0.15, 0.2) is 0 Å². The molecule has 6 heteroatoms. The Morgan fingerprint density at radius 3 is 2.67 bits per heavy atom.